The molecule has 2 aromatic rings. The molecule has 0 atom stereocenters. The van der Waals surface area contributed by atoms with Crippen LogP contribution in [-0.2, 0) is 6.54 Å². The lowest BCUT2D eigenvalue weighted by atomic mass is 10.1. The van der Waals surface area contributed by atoms with Crippen molar-refractivity contribution in [2.75, 3.05) is 17.7 Å². The number of hydrogen-bond donors (Lipinski definition) is 1. The monoisotopic (exact) mass is 266 g/mol. The molecule has 0 unspecified atom stereocenters. The second-order valence-electron chi connectivity index (χ2n) is 4.25. The third-order valence-corrected chi connectivity index (χ3v) is 2.85. The van der Waals surface area contributed by atoms with Crippen LogP contribution in [0, 0.1) is 17.5 Å². The molecule has 0 bridgehead atoms. The molecule has 0 aliphatic rings. The van der Waals surface area contributed by atoms with Crippen molar-refractivity contribution >= 4 is 11.4 Å². The van der Waals surface area contributed by atoms with Crippen LogP contribution in [0.15, 0.2) is 36.4 Å². The number of nitrogens with two attached hydrogens (primary N) is 1. The molecule has 2 aromatic carbocycles. The number of rotatable bonds is 3. The zero-order valence-electron chi connectivity index (χ0n) is 10.3. The zero-order valence-corrected chi connectivity index (χ0v) is 10.3. The van der Waals surface area contributed by atoms with E-state index in [4.69, 9.17) is 5.73 Å². The van der Waals surface area contributed by atoms with Gasteiger partial charge >= 0.3 is 0 Å². The predicted octanol–water partition coefficient (Wildman–Crippen LogP) is 3.32. The molecule has 0 saturated carbocycles. The van der Waals surface area contributed by atoms with Crippen molar-refractivity contribution in [1.82, 2.24) is 0 Å². The van der Waals surface area contributed by atoms with Crippen molar-refractivity contribution < 1.29 is 13.2 Å². The second-order valence-corrected chi connectivity index (χ2v) is 4.25. The van der Waals surface area contributed by atoms with Gasteiger partial charge < -0.3 is 10.6 Å². The third-order valence-electron chi connectivity index (χ3n) is 2.85. The average Bonchev–Trinajstić information content (AvgIpc) is 2.37. The summed E-state index contributed by atoms with van der Waals surface area (Å²) in [6, 6.07) is 8.39. The third kappa shape index (κ3) is 2.65. The molecule has 100 valence electrons. The quantitative estimate of drug-likeness (QED) is 0.863. The van der Waals surface area contributed by atoms with E-state index in [0.717, 1.165) is 6.07 Å². The number of nitrogens with zero attached hydrogens (tertiary/aromatic N) is 1. The van der Waals surface area contributed by atoms with Gasteiger partial charge in [0.2, 0.25) is 0 Å². The molecule has 0 aliphatic carbocycles. The van der Waals surface area contributed by atoms with Gasteiger partial charge in [0.1, 0.15) is 5.82 Å². The Labute approximate surface area is 109 Å². The van der Waals surface area contributed by atoms with E-state index in [2.05, 4.69) is 0 Å². The summed E-state index contributed by atoms with van der Waals surface area (Å²) in [6.45, 7) is 0.0945. The fourth-order valence-corrected chi connectivity index (χ4v) is 1.90. The maximum atomic E-state index is 13.7. The van der Waals surface area contributed by atoms with Gasteiger partial charge in [0.15, 0.2) is 11.6 Å². The lowest BCUT2D eigenvalue weighted by Crippen LogP contribution is -2.20. The predicted molar refractivity (Wildman–Crippen MR) is 69.3 cm³/mol. The van der Waals surface area contributed by atoms with Gasteiger partial charge in [-0.1, -0.05) is 18.2 Å². The molecule has 19 heavy (non-hydrogen) atoms. The Balaban J connectivity index is 2.33. The van der Waals surface area contributed by atoms with E-state index >= 15 is 0 Å². The summed E-state index contributed by atoms with van der Waals surface area (Å²) in [5.74, 6) is -2.41. The van der Waals surface area contributed by atoms with E-state index in [1.807, 2.05) is 0 Å². The Morgan fingerprint density at radius 2 is 1.68 bits per heavy atom. The molecule has 0 aliphatic heterocycles. The first-order valence-electron chi connectivity index (χ1n) is 5.68. The van der Waals surface area contributed by atoms with Gasteiger partial charge in [0.05, 0.1) is 11.4 Å². The summed E-state index contributed by atoms with van der Waals surface area (Å²) in [5, 5.41) is 0. The summed E-state index contributed by atoms with van der Waals surface area (Å²) < 4.78 is 40.5. The largest absolute Gasteiger partial charge is 0.397 e. The van der Waals surface area contributed by atoms with Gasteiger partial charge in [-0.15, -0.1) is 0 Å². The Morgan fingerprint density at radius 1 is 1.00 bits per heavy atom. The van der Waals surface area contributed by atoms with E-state index in [0.29, 0.717) is 5.56 Å². The number of nitrogen functional groups attached to an aromatic ring is 1. The van der Waals surface area contributed by atoms with Crippen LogP contribution in [0.3, 0.4) is 0 Å². The number of halogens is 3. The van der Waals surface area contributed by atoms with Gasteiger partial charge in [-0.3, -0.25) is 0 Å². The van der Waals surface area contributed by atoms with Crippen LogP contribution in [-0.4, -0.2) is 7.05 Å². The van der Waals surface area contributed by atoms with Crippen molar-refractivity contribution in [3.63, 3.8) is 0 Å². The maximum Gasteiger partial charge on any atom is 0.184 e. The van der Waals surface area contributed by atoms with Crippen molar-refractivity contribution in [1.29, 1.82) is 0 Å². The lowest BCUT2D eigenvalue weighted by Gasteiger charge is -2.22. The van der Waals surface area contributed by atoms with Crippen LogP contribution >= 0.6 is 0 Å². The van der Waals surface area contributed by atoms with Gasteiger partial charge in [0.25, 0.3) is 0 Å². The Morgan fingerprint density at radius 3 is 2.37 bits per heavy atom. The SMILES string of the molecule is CN(Cc1ccccc1F)c1c(N)ccc(F)c1F. The van der Waals surface area contributed by atoms with E-state index in [1.165, 1.54) is 24.1 Å². The summed E-state index contributed by atoms with van der Waals surface area (Å²) in [4.78, 5) is 1.38. The molecule has 0 aromatic heterocycles. The fraction of sp³-hybridized carbons (Fsp3) is 0.143. The molecule has 0 spiro atoms. The average molecular weight is 266 g/mol. The van der Waals surface area contributed by atoms with Crippen LogP contribution in [0.5, 0.6) is 0 Å². The zero-order chi connectivity index (χ0) is 14.0. The minimum absolute atomic E-state index is 0.0664. The Bertz CT molecular complexity index is 599. The number of hydrogen-bond acceptors (Lipinski definition) is 2. The van der Waals surface area contributed by atoms with E-state index in [1.54, 1.807) is 18.2 Å². The molecule has 0 heterocycles. The van der Waals surface area contributed by atoms with Gasteiger partial charge in [-0.05, 0) is 18.2 Å². The van der Waals surface area contributed by atoms with Gasteiger partial charge in [-0.25, -0.2) is 13.2 Å². The van der Waals surface area contributed by atoms with E-state index in [-0.39, 0.29) is 17.9 Å². The summed E-state index contributed by atoms with van der Waals surface area (Å²) in [6.07, 6.45) is 0. The number of benzene rings is 2. The summed E-state index contributed by atoms with van der Waals surface area (Å²) in [7, 11) is 1.53. The van der Waals surface area contributed by atoms with Crippen LogP contribution in [0.2, 0.25) is 0 Å². The smallest absolute Gasteiger partial charge is 0.184 e. The van der Waals surface area contributed by atoms with Crippen LogP contribution < -0.4 is 10.6 Å². The van der Waals surface area contributed by atoms with Gasteiger partial charge in [-0.2, -0.15) is 0 Å². The van der Waals surface area contributed by atoms with E-state index < -0.39 is 17.5 Å². The molecule has 5 heteroatoms. The summed E-state index contributed by atoms with van der Waals surface area (Å²) in [5.41, 5.74) is 6.07. The van der Waals surface area contributed by atoms with Crippen molar-refractivity contribution in [2.24, 2.45) is 0 Å². The lowest BCUT2D eigenvalue weighted by molar-refractivity contribution is 0.507. The molecule has 0 fully saturated rings. The molecule has 0 saturated heterocycles. The molecule has 2 rings (SSSR count). The van der Waals surface area contributed by atoms with Crippen LogP contribution in [0.1, 0.15) is 5.56 Å². The highest BCUT2D eigenvalue weighted by Gasteiger charge is 2.16. The highest BCUT2D eigenvalue weighted by atomic mass is 19.2. The fourth-order valence-electron chi connectivity index (χ4n) is 1.90. The van der Waals surface area contributed by atoms with Crippen molar-refractivity contribution in [2.45, 2.75) is 6.54 Å². The standard InChI is InChI=1S/C14H13F3N2/c1-19(8-9-4-2-3-5-10(9)15)14-12(18)7-6-11(16)13(14)17/h2-7H,8,18H2,1H3. The molecule has 0 amide bonds. The van der Waals surface area contributed by atoms with Crippen LogP contribution in [0.25, 0.3) is 0 Å². The highest BCUT2D eigenvalue weighted by Crippen LogP contribution is 2.29. The maximum absolute atomic E-state index is 13.7. The molecule has 2 N–H and O–H groups in total. The normalized spacial score (nSPS) is 10.5. The minimum Gasteiger partial charge on any atom is -0.397 e. The first-order valence-corrected chi connectivity index (χ1v) is 5.68. The number of anilines is 2. The molecular weight excluding hydrogens is 253 g/mol. The first kappa shape index (κ1) is 13.3. The second kappa shape index (κ2) is 5.22. The van der Waals surface area contributed by atoms with Crippen molar-refractivity contribution in [3.05, 3.63) is 59.4 Å². The molecule has 0 radical (unpaired) electrons. The Kier molecular flexibility index (Phi) is 3.64. The van der Waals surface area contributed by atoms with E-state index in [9.17, 15) is 13.2 Å². The topological polar surface area (TPSA) is 29.3 Å². The minimum atomic E-state index is -1.03. The van der Waals surface area contributed by atoms with Gasteiger partial charge in [0, 0.05) is 19.2 Å². The van der Waals surface area contributed by atoms with Crippen LogP contribution in [0.4, 0.5) is 24.5 Å². The molecule has 2 nitrogen and oxygen atoms in total. The summed E-state index contributed by atoms with van der Waals surface area (Å²) >= 11 is 0. The first-order chi connectivity index (χ1) is 9.00. The highest BCUT2D eigenvalue weighted by molar-refractivity contribution is 5.68. The Hall–Kier alpha value is -2.17. The van der Waals surface area contributed by atoms with Crippen molar-refractivity contribution in [3.8, 4) is 0 Å². The molecular formula is C14H13F3N2.